The summed E-state index contributed by atoms with van der Waals surface area (Å²) in [7, 11) is 0. The van der Waals surface area contributed by atoms with Crippen LogP contribution in [0.3, 0.4) is 0 Å². The van der Waals surface area contributed by atoms with Crippen molar-refractivity contribution in [3.8, 4) is 11.4 Å². The maximum absolute atomic E-state index is 12.8. The molecule has 28 heavy (non-hydrogen) atoms. The van der Waals surface area contributed by atoms with E-state index in [9.17, 15) is 4.79 Å². The zero-order chi connectivity index (χ0) is 18.9. The molecule has 1 aliphatic carbocycles. The first kappa shape index (κ1) is 17.7. The van der Waals surface area contributed by atoms with Crippen LogP contribution in [-0.4, -0.2) is 40.4 Å². The van der Waals surface area contributed by atoms with Crippen molar-refractivity contribution in [2.75, 3.05) is 24.5 Å². The van der Waals surface area contributed by atoms with E-state index in [1.165, 1.54) is 31.2 Å². The van der Waals surface area contributed by atoms with Gasteiger partial charge in [0.1, 0.15) is 5.82 Å². The largest absolute Gasteiger partial charge is 0.356 e. The van der Waals surface area contributed by atoms with Crippen molar-refractivity contribution < 1.29 is 4.79 Å². The van der Waals surface area contributed by atoms with Crippen LogP contribution in [0.25, 0.3) is 11.4 Å². The first-order chi connectivity index (χ1) is 13.8. The molecule has 1 saturated carbocycles. The Morgan fingerprint density at radius 1 is 0.929 bits per heavy atom. The van der Waals surface area contributed by atoms with Gasteiger partial charge in [-0.15, -0.1) is 0 Å². The molecule has 0 bridgehead atoms. The standard InChI is InChI=1S/C23H28N4O/c28-23(18-10-7-11-18)27-15-12-20-19(16-27)22(26-13-5-2-6-14-26)25-21(24-20)17-8-3-1-4-9-17/h1,3-4,8-9,18H,2,5-7,10-16H2. The number of anilines is 1. The molecule has 1 aromatic carbocycles. The Morgan fingerprint density at radius 3 is 2.43 bits per heavy atom. The third-order valence-corrected chi connectivity index (χ3v) is 6.49. The summed E-state index contributed by atoms with van der Waals surface area (Å²) in [4.78, 5) is 27.3. The molecule has 146 valence electrons. The second-order valence-corrected chi connectivity index (χ2v) is 8.35. The van der Waals surface area contributed by atoms with Crippen molar-refractivity contribution in [1.29, 1.82) is 0 Å². The lowest BCUT2D eigenvalue weighted by molar-refractivity contribution is -0.139. The molecule has 1 aromatic heterocycles. The molecule has 0 spiro atoms. The number of rotatable bonds is 3. The van der Waals surface area contributed by atoms with Gasteiger partial charge in [0.2, 0.25) is 5.91 Å². The summed E-state index contributed by atoms with van der Waals surface area (Å²) >= 11 is 0. The molecule has 1 amide bonds. The average molecular weight is 377 g/mol. The molecule has 3 heterocycles. The fourth-order valence-electron chi connectivity index (χ4n) is 4.58. The second kappa shape index (κ2) is 7.53. The molecular formula is C23H28N4O. The molecule has 3 aliphatic rings. The number of carbonyl (C=O) groups is 1. The number of fused-ring (bicyclic) bond motifs is 1. The van der Waals surface area contributed by atoms with Crippen molar-refractivity contribution in [3.05, 3.63) is 41.6 Å². The highest BCUT2D eigenvalue weighted by Gasteiger charge is 2.33. The number of carbonyl (C=O) groups excluding carboxylic acids is 1. The van der Waals surface area contributed by atoms with Crippen LogP contribution < -0.4 is 4.90 Å². The third-order valence-electron chi connectivity index (χ3n) is 6.49. The van der Waals surface area contributed by atoms with Crippen molar-refractivity contribution in [2.24, 2.45) is 5.92 Å². The second-order valence-electron chi connectivity index (χ2n) is 8.35. The number of hydrogen-bond acceptors (Lipinski definition) is 4. The Morgan fingerprint density at radius 2 is 1.71 bits per heavy atom. The Bertz CT molecular complexity index is 856. The van der Waals surface area contributed by atoms with Gasteiger partial charge in [-0.1, -0.05) is 36.8 Å². The van der Waals surface area contributed by atoms with Gasteiger partial charge < -0.3 is 9.80 Å². The zero-order valence-electron chi connectivity index (χ0n) is 16.4. The summed E-state index contributed by atoms with van der Waals surface area (Å²) in [6, 6.07) is 10.3. The summed E-state index contributed by atoms with van der Waals surface area (Å²) in [5, 5.41) is 0. The molecule has 5 rings (SSSR count). The monoisotopic (exact) mass is 376 g/mol. The summed E-state index contributed by atoms with van der Waals surface area (Å²) < 4.78 is 0. The Balaban J connectivity index is 1.52. The van der Waals surface area contributed by atoms with Crippen LogP contribution in [0.2, 0.25) is 0 Å². The van der Waals surface area contributed by atoms with E-state index in [4.69, 9.17) is 9.97 Å². The number of amides is 1. The van der Waals surface area contributed by atoms with E-state index in [1.807, 2.05) is 18.2 Å². The van der Waals surface area contributed by atoms with Crippen LogP contribution in [0.1, 0.15) is 49.8 Å². The van der Waals surface area contributed by atoms with Gasteiger partial charge in [-0.2, -0.15) is 0 Å². The summed E-state index contributed by atoms with van der Waals surface area (Å²) in [6.07, 6.45) is 7.87. The molecule has 0 unspecified atom stereocenters. The average Bonchev–Trinajstić information content (AvgIpc) is 2.72. The molecule has 5 heteroatoms. The number of benzene rings is 1. The maximum atomic E-state index is 12.8. The molecule has 0 N–H and O–H groups in total. The SMILES string of the molecule is O=C(C1CCC1)N1CCc2nc(-c3ccccc3)nc(N3CCCCC3)c2C1. The Hall–Kier alpha value is -2.43. The van der Waals surface area contributed by atoms with Crippen LogP contribution in [-0.2, 0) is 17.8 Å². The lowest BCUT2D eigenvalue weighted by atomic mass is 9.84. The van der Waals surface area contributed by atoms with Crippen LogP contribution >= 0.6 is 0 Å². The van der Waals surface area contributed by atoms with Gasteiger partial charge in [0.25, 0.3) is 0 Å². The maximum Gasteiger partial charge on any atom is 0.225 e. The predicted octanol–water partition coefficient (Wildman–Crippen LogP) is 3.82. The molecular weight excluding hydrogens is 348 g/mol. The van der Waals surface area contributed by atoms with E-state index in [-0.39, 0.29) is 5.92 Å². The minimum atomic E-state index is 0.254. The molecule has 0 atom stereocenters. The molecule has 0 radical (unpaired) electrons. The summed E-state index contributed by atoms with van der Waals surface area (Å²) in [6.45, 7) is 3.56. The van der Waals surface area contributed by atoms with Crippen molar-refractivity contribution in [3.63, 3.8) is 0 Å². The van der Waals surface area contributed by atoms with E-state index in [0.29, 0.717) is 12.5 Å². The molecule has 2 aromatic rings. The lowest BCUT2D eigenvalue weighted by Gasteiger charge is -2.37. The van der Waals surface area contributed by atoms with E-state index >= 15 is 0 Å². The molecule has 5 nitrogen and oxygen atoms in total. The van der Waals surface area contributed by atoms with Crippen molar-refractivity contribution in [1.82, 2.24) is 14.9 Å². The Kier molecular flexibility index (Phi) is 4.75. The van der Waals surface area contributed by atoms with Gasteiger partial charge in [-0.05, 0) is 32.1 Å². The fourth-order valence-corrected chi connectivity index (χ4v) is 4.58. The molecule has 2 fully saturated rings. The minimum Gasteiger partial charge on any atom is -0.356 e. The number of hydrogen-bond donors (Lipinski definition) is 0. The van der Waals surface area contributed by atoms with Crippen LogP contribution in [0.4, 0.5) is 5.82 Å². The van der Waals surface area contributed by atoms with E-state index in [1.54, 1.807) is 0 Å². The highest BCUT2D eigenvalue weighted by Crippen LogP contribution is 2.34. The third kappa shape index (κ3) is 3.27. The topological polar surface area (TPSA) is 49.3 Å². The number of piperidine rings is 1. The first-order valence-corrected chi connectivity index (χ1v) is 10.8. The van der Waals surface area contributed by atoms with Gasteiger partial charge in [-0.3, -0.25) is 4.79 Å². The van der Waals surface area contributed by atoms with Crippen LogP contribution in [0, 0.1) is 5.92 Å². The van der Waals surface area contributed by atoms with E-state index in [0.717, 1.165) is 61.8 Å². The van der Waals surface area contributed by atoms with Crippen LogP contribution in [0.5, 0.6) is 0 Å². The van der Waals surface area contributed by atoms with Gasteiger partial charge in [0.15, 0.2) is 5.82 Å². The van der Waals surface area contributed by atoms with Gasteiger partial charge >= 0.3 is 0 Å². The van der Waals surface area contributed by atoms with Gasteiger partial charge in [0, 0.05) is 43.1 Å². The molecule has 1 saturated heterocycles. The normalized spacial score (nSPS) is 19.9. The highest BCUT2D eigenvalue weighted by molar-refractivity contribution is 5.80. The molecule has 2 aliphatic heterocycles. The highest BCUT2D eigenvalue weighted by atomic mass is 16.2. The van der Waals surface area contributed by atoms with E-state index in [2.05, 4.69) is 21.9 Å². The van der Waals surface area contributed by atoms with E-state index < -0.39 is 0 Å². The quantitative estimate of drug-likeness (QED) is 0.817. The first-order valence-electron chi connectivity index (χ1n) is 10.8. The van der Waals surface area contributed by atoms with Crippen LogP contribution in [0.15, 0.2) is 30.3 Å². The summed E-state index contributed by atoms with van der Waals surface area (Å²) in [5.74, 6) is 2.48. The van der Waals surface area contributed by atoms with Gasteiger partial charge in [-0.25, -0.2) is 9.97 Å². The predicted molar refractivity (Wildman–Crippen MR) is 110 cm³/mol. The van der Waals surface area contributed by atoms with Crippen molar-refractivity contribution >= 4 is 11.7 Å². The summed E-state index contributed by atoms with van der Waals surface area (Å²) in [5.41, 5.74) is 3.38. The minimum absolute atomic E-state index is 0.254. The smallest absolute Gasteiger partial charge is 0.225 e. The van der Waals surface area contributed by atoms with Gasteiger partial charge in [0.05, 0.1) is 12.2 Å². The fraction of sp³-hybridized carbons (Fsp3) is 0.522. The zero-order valence-corrected chi connectivity index (χ0v) is 16.4. The number of nitrogens with zero attached hydrogens (tertiary/aromatic N) is 4. The lowest BCUT2D eigenvalue weighted by Crippen LogP contribution is -2.43. The number of aromatic nitrogens is 2. The van der Waals surface area contributed by atoms with Crippen molar-refractivity contribution in [2.45, 2.75) is 51.5 Å². The Labute approximate surface area is 166 Å².